The summed E-state index contributed by atoms with van der Waals surface area (Å²) in [6.07, 6.45) is 11.0. The molecule has 1 aliphatic heterocycles. The van der Waals surface area contributed by atoms with Crippen LogP contribution in [0.15, 0.2) is 48.4 Å². The fourth-order valence-electron chi connectivity index (χ4n) is 6.33. The van der Waals surface area contributed by atoms with Crippen LogP contribution in [0.2, 0.25) is 5.02 Å². The normalized spacial score (nSPS) is 26.6. The summed E-state index contributed by atoms with van der Waals surface area (Å²) in [7, 11) is 0. The topological polar surface area (TPSA) is 29.5 Å². The SMILES string of the molecule is [2H]c1c([2H])c([2H])c([C@@H]2C[C@@H](N3CC[N@@+](COC(=O)CCCCCCCCCCC)(C([2H])([2H])[2H])C(C)(C)C3)c3cc(Cl)ccc32)c([2H])c1[2H].[I-]. The molecule has 41 heavy (non-hydrogen) atoms. The van der Waals surface area contributed by atoms with Crippen molar-refractivity contribution in [3.63, 3.8) is 0 Å². The summed E-state index contributed by atoms with van der Waals surface area (Å²) in [6, 6.07) is 3.70. The molecule has 1 fully saturated rings. The molecular weight excluding hydrogens is 643 g/mol. The number of carbonyl (C=O) groups is 1. The van der Waals surface area contributed by atoms with Gasteiger partial charge in [-0.25, -0.2) is 0 Å². The van der Waals surface area contributed by atoms with Crippen molar-refractivity contribution in [3.8, 4) is 0 Å². The van der Waals surface area contributed by atoms with Gasteiger partial charge >= 0.3 is 5.97 Å². The Morgan fingerprint density at radius 1 is 1.07 bits per heavy atom. The zero-order valence-electron chi connectivity index (χ0n) is 33.0. The maximum absolute atomic E-state index is 12.8. The second kappa shape index (κ2) is 16.1. The lowest BCUT2D eigenvalue weighted by atomic mass is 9.92. The third-order valence-electron chi connectivity index (χ3n) is 9.00. The number of piperazine rings is 1. The number of carbonyl (C=O) groups excluding carboxylic acids is 1. The molecular formula is C35H52ClIN2O2. The molecule has 4 rings (SSSR count). The van der Waals surface area contributed by atoms with Crippen LogP contribution >= 0.6 is 11.6 Å². The molecule has 1 saturated heterocycles. The van der Waals surface area contributed by atoms with Crippen LogP contribution in [0.25, 0.3) is 0 Å². The number of nitrogens with zero attached hydrogens (tertiary/aromatic N) is 2. The van der Waals surface area contributed by atoms with Crippen molar-refractivity contribution in [3.05, 3.63) is 70.1 Å². The van der Waals surface area contributed by atoms with Crippen molar-refractivity contribution in [1.29, 1.82) is 0 Å². The summed E-state index contributed by atoms with van der Waals surface area (Å²) in [5.74, 6) is -0.816. The van der Waals surface area contributed by atoms with E-state index in [1.165, 1.54) is 38.5 Å². The van der Waals surface area contributed by atoms with E-state index < -0.39 is 24.5 Å². The van der Waals surface area contributed by atoms with E-state index in [2.05, 4.69) is 11.8 Å². The molecule has 3 atom stereocenters. The van der Waals surface area contributed by atoms with E-state index in [1.54, 1.807) is 6.07 Å². The largest absolute Gasteiger partial charge is 1.00 e. The minimum absolute atomic E-state index is 0. The Kier molecular flexibility index (Phi) is 9.49. The zero-order valence-corrected chi connectivity index (χ0v) is 27.9. The monoisotopic (exact) mass is 702 g/mol. The Labute approximate surface area is 283 Å². The van der Waals surface area contributed by atoms with E-state index in [0.29, 0.717) is 24.5 Å². The first-order chi connectivity index (χ1) is 22.6. The lowest BCUT2D eigenvalue weighted by Crippen LogP contribution is -3.00. The molecule has 0 N–H and O–H groups in total. The van der Waals surface area contributed by atoms with Gasteiger partial charge in [0.2, 0.25) is 6.73 Å². The molecule has 0 radical (unpaired) electrons. The van der Waals surface area contributed by atoms with Crippen molar-refractivity contribution in [2.45, 2.75) is 109 Å². The molecule has 1 heterocycles. The fourth-order valence-corrected chi connectivity index (χ4v) is 6.52. The molecule has 2 aliphatic rings. The summed E-state index contributed by atoms with van der Waals surface area (Å²) >= 11 is 6.47. The number of halogens is 2. The molecule has 0 aromatic heterocycles. The van der Waals surface area contributed by atoms with Crippen LogP contribution in [0.3, 0.4) is 0 Å². The van der Waals surface area contributed by atoms with Gasteiger partial charge in [-0.15, -0.1) is 0 Å². The number of quaternary nitrogens is 1. The summed E-state index contributed by atoms with van der Waals surface area (Å²) in [4.78, 5) is 15.0. The van der Waals surface area contributed by atoms with Crippen LogP contribution < -0.4 is 24.0 Å². The Hall–Kier alpha value is -1.15. The van der Waals surface area contributed by atoms with Crippen LogP contribution in [-0.2, 0) is 9.53 Å². The maximum atomic E-state index is 12.8. The van der Waals surface area contributed by atoms with E-state index in [1.807, 2.05) is 26.0 Å². The number of esters is 1. The van der Waals surface area contributed by atoms with Crippen molar-refractivity contribution < 1.29 is 49.0 Å². The lowest BCUT2D eigenvalue weighted by molar-refractivity contribution is -0.974. The summed E-state index contributed by atoms with van der Waals surface area (Å²) in [5.41, 5.74) is 1.19. The van der Waals surface area contributed by atoms with Crippen LogP contribution in [0.4, 0.5) is 0 Å². The van der Waals surface area contributed by atoms with Gasteiger partial charge in [0.15, 0.2) is 0 Å². The van der Waals surface area contributed by atoms with E-state index in [0.717, 1.165) is 30.4 Å². The van der Waals surface area contributed by atoms with Gasteiger partial charge < -0.3 is 28.7 Å². The van der Waals surface area contributed by atoms with E-state index in [-0.39, 0.29) is 89.9 Å². The Morgan fingerprint density at radius 3 is 2.41 bits per heavy atom. The highest BCUT2D eigenvalue weighted by atomic mass is 127. The third kappa shape index (κ3) is 8.93. The quantitative estimate of drug-likeness (QED) is 0.107. The van der Waals surface area contributed by atoms with E-state index >= 15 is 0 Å². The van der Waals surface area contributed by atoms with Gasteiger partial charge in [-0.05, 0) is 55.5 Å². The minimum atomic E-state index is -2.43. The standard InChI is InChI=1S/C35H52ClN2O2.HI/c1-5-6-7-8-9-10-11-12-16-19-34(39)40-27-38(4)23-22-37(26-35(38,2)3)33-25-31(28-17-14-13-15-18-28)30-21-20-29(36)24-32(30)33;/h13-15,17-18,20-21,24,31,33H,5-12,16,19,22-23,25-27H2,1-4H3;1H/q+1;/p-1/t31-,33+,38+;/m0./s1/i4D3,13D,14D,15D,17D,18D;. The van der Waals surface area contributed by atoms with Gasteiger partial charge in [-0.2, -0.15) is 0 Å². The van der Waals surface area contributed by atoms with Crippen LogP contribution in [0, 0.1) is 0 Å². The number of unbranched alkanes of at least 4 members (excludes halogenated alkanes) is 8. The Bertz CT molecular complexity index is 1430. The highest BCUT2D eigenvalue weighted by molar-refractivity contribution is 6.30. The molecule has 0 saturated carbocycles. The number of hydrogen-bond acceptors (Lipinski definition) is 3. The van der Waals surface area contributed by atoms with Crippen LogP contribution in [0.1, 0.15) is 131 Å². The lowest BCUT2D eigenvalue weighted by Gasteiger charge is -2.53. The number of fused-ring (bicyclic) bond motifs is 1. The van der Waals surface area contributed by atoms with Gasteiger partial charge in [0.05, 0.1) is 31.0 Å². The maximum Gasteiger partial charge on any atom is 0.310 e. The molecule has 0 bridgehead atoms. The highest BCUT2D eigenvalue weighted by Crippen LogP contribution is 2.48. The molecule has 228 valence electrons. The Morgan fingerprint density at radius 2 is 1.76 bits per heavy atom. The first-order valence-corrected chi connectivity index (χ1v) is 15.6. The van der Waals surface area contributed by atoms with Crippen molar-refractivity contribution in [2.75, 3.05) is 33.3 Å². The van der Waals surface area contributed by atoms with Crippen molar-refractivity contribution >= 4 is 17.6 Å². The number of rotatable bonds is 14. The molecule has 0 spiro atoms. The molecule has 2 aromatic rings. The zero-order chi connectivity index (χ0) is 35.4. The molecule has 2 aromatic carbocycles. The predicted octanol–water partition coefficient (Wildman–Crippen LogP) is 5.88. The fraction of sp³-hybridized carbons (Fsp3) is 0.629. The van der Waals surface area contributed by atoms with E-state index in [4.69, 9.17) is 27.3 Å². The number of ether oxygens (including phenoxy) is 1. The van der Waals surface area contributed by atoms with Crippen LogP contribution in [0.5, 0.6) is 0 Å². The molecule has 6 heteroatoms. The minimum Gasteiger partial charge on any atom is -1.00 e. The average molecular weight is 703 g/mol. The summed E-state index contributed by atoms with van der Waals surface area (Å²) in [5, 5.41) is 0.531. The van der Waals surface area contributed by atoms with Gasteiger partial charge in [-0.1, -0.05) is 106 Å². The average Bonchev–Trinajstić information content (AvgIpc) is 3.38. The first-order valence-electron chi connectivity index (χ1n) is 19.2. The summed E-state index contributed by atoms with van der Waals surface area (Å²) in [6.45, 7) is 4.36. The number of likely N-dealkylation sites (N-methyl/N-ethyl adjacent to an activating group) is 1. The first kappa shape index (κ1) is 24.2. The molecule has 0 amide bonds. The highest BCUT2D eigenvalue weighted by Gasteiger charge is 2.49. The molecule has 4 nitrogen and oxygen atoms in total. The number of benzene rings is 2. The molecule has 0 unspecified atom stereocenters. The smallest absolute Gasteiger partial charge is 0.310 e. The van der Waals surface area contributed by atoms with Gasteiger partial charge in [0.25, 0.3) is 0 Å². The van der Waals surface area contributed by atoms with Gasteiger partial charge in [0, 0.05) is 29.9 Å². The van der Waals surface area contributed by atoms with Crippen molar-refractivity contribution in [2.24, 2.45) is 0 Å². The predicted molar refractivity (Wildman–Crippen MR) is 167 cm³/mol. The van der Waals surface area contributed by atoms with Gasteiger partial charge in [0.1, 0.15) is 5.54 Å². The second-order valence-electron chi connectivity index (χ2n) is 12.3. The Balaban J connectivity index is 0.00000650. The van der Waals surface area contributed by atoms with Crippen LogP contribution in [-0.4, -0.2) is 54.2 Å². The second-order valence-corrected chi connectivity index (χ2v) is 12.8. The van der Waals surface area contributed by atoms with Crippen molar-refractivity contribution in [1.82, 2.24) is 4.90 Å². The van der Waals surface area contributed by atoms with Gasteiger partial charge in [-0.3, -0.25) is 14.2 Å². The summed E-state index contributed by atoms with van der Waals surface area (Å²) < 4.78 is 73.0. The molecule has 1 aliphatic carbocycles. The third-order valence-corrected chi connectivity index (χ3v) is 9.23. The van der Waals surface area contributed by atoms with E-state index in [9.17, 15) is 4.79 Å². The number of hydrogen-bond donors (Lipinski definition) is 0.